The number of hydrogen-bond acceptors (Lipinski definition) is 4. The van der Waals surface area contributed by atoms with Gasteiger partial charge in [-0.2, -0.15) is 0 Å². The van der Waals surface area contributed by atoms with E-state index in [0.29, 0.717) is 22.4 Å². The Labute approximate surface area is 96.8 Å². The first-order valence-electron chi connectivity index (χ1n) is 4.61. The van der Waals surface area contributed by atoms with Crippen LogP contribution in [0.2, 0.25) is 0 Å². The van der Waals surface area contributed by atoms with Crippen molar-refractivity contribution in [1.29, 1.82) is 0 Å². The molecular formula is C10H14BrNO3. The van der Waals surface area contributed by atoms with Gasteiger partial charge in [0.1, 0.15) is 0 Å². The minimum Gasteiger partial charge on any atom is -0.503 e. The van der Waals surface area contributed by atoms with E-state index in [-0.39, 0.29) is 12.4 Å². The van der Waals surface area contributed by atoms with Crippen LogP contribution in [0, 0.1) is 0 Å². The number of aliphatic hydroxyl groups is 1. The van der Waals surface area contributed by atoms with E-state index in [4.69, 9.17) is 15.6 Å². The van der Waals surface area contributed by atoms with Crippen molar-refractivity contribution in [3.05, 3.63) is 22.2 Å². The van der Waals surface area contributed by atoms with Crippen molar-refractivity contribution < 1.29 is 14.9 Å². The molecule has 0 aliphatic rings. The van der Waals surface area contributed by atoms with Gasteiger partial charge in [-0.05, 0) is 40.5 Å². The molecule has 0 bridgehead atoms. The molecule has 1 atom stereocenters. The lowest BCUT2D eigenvalue weighted by atomic mass is 10.1. The predicted octanol–water partition coefficient (Wildman–Crippen LogP) is 1.55. The van der Waals surface area contributed by atoms with Gasteiger partial charge in [-0.3, -0.25) is 0 Å². The zero-order valence-electron chi connectivity index (χ0n) is 8.40. The van der Waals surface area contributed by atoms with E-state index in [0.717, 1.165) is 0 Å². The van der Waals surface area contributed by atoms with Gasteiger partial charge in [0.2, 0.25) is 0 Å². The van der Waals surface area contributed by atoms with Gasteiger partial charge in [-0.15, -0.1) is 0 Å². The molecule has 0 heterocycles. The first kappa shape index (κ1) is 12.3. The molecule has 0 amide bonds. The Kier molecular flexibility index (Phi) is 4.38. The Bertz CT molecular complexity index is 344. The van der Waals surface area contributed by atoms with Gasteiger partial charge in [0.25, 0.3) is 0 Å². The quantitative estimate of drug-likeness (QED) is 0.779. The van der Waals surface area contributed by atoms with Gasteiger partial charge >= 0.3 is 0 Å². The van der Waals surface area contributed by atoms with E-state index in [1.165, 1.54) is 0 Å². The lowest BCUT2D eigenvalue weighted by Crippen LogP contribution is -2.14. The molecule has 15 heavy (non-hydrogen) atoms. The number of phenols is 1. The first-order valence-corrected chi connectivity index (χ1v) is 5.41. The number of benzene rings is 1. The van der Waals surface area contributed by atoms with Crippen LogP contribution in [0.5, 0.6) is 11.5 Å². The highest BCUT2D eigenvalue weighted by molar-refractivity contribution is 9.10. The van der Waals surface area contributed by atoms with Crippen LogP contribution in [-0.2, 0) is 0 Å². The standard InChI is InChI=1S/C10H14BrNO3/c1-2-15-9-4-6(8(12)5-13)3-7(11)10(9)14/h3-4,8,13-14H,2,5,12H2,1H3/t8-/m1/s1. The van der Waals surface area contributed by atoms with E-state index in [2.05, 4.69) is 15.9 Å². The van der Waals surface area contributed by atoms with Crippen molar-refractivity contribution in [1.82, 2.24) is 0 Å². The molecule has 0 aliphatic heterocycles. The Morgan fingerprint density at radius 2 is 2.20 bits per heavy atom. The summed E-state index contributed by atoms with van der Waals surface area (Å²) in [4.78, 5) is 0. The van der Waals surface area contributed by atoms with Crippen molar-refractivity contribution in [2.24, 2.45) is 5.73 Å². The summed E-state index contributed by atoms with van der Waals surface area (Å²) in [5.74, 6) is 0.413. The Hall–Kier alpha value is -0.780. The lowest BCUT2D eigenvalue weighted by Gasteiger charge is -2.13. The van der Waals surface area contributed by atoms with Crippen LogP contribution in [-0.4, -0.2) is 23.4 Å². The second kappa shape index (κ2) is 5.34. The number of aromatic hydroxyl groups is 1. The minimum absolute atomic E-state index is 0.0470. The largest absolute Gasteiger partial charge is 0.503 e. The Morgan fingerprint density at radius 1 is 1.53 bits per heavy atom. The smallest absolute Gasteiger partial charge is 0.172 e. The number of phenolic OH excluding ortho intramolecular Hbond substituents is 1. The third-order valence-electron chi connectivity index (χ3n) is 1.98. The first-order chi connectivity index (χ1) is 7.10. The van der Waals surface area contributed by atoms with Gasteiger partial charge in [-0.1, -0.05) is 0 Å². The maximum absolute atomic E-state index is 9.63. The molecule has 4 nitrogen and oxygen atoms in total. The Balaban J connectivity index is 3.11. The topological polar surface area (TPSA) is 75.7 Å². The second-order valence-corrected chi connectivity index (χ2v) is 3.93. The maximum atomic E-state index is 9.63. The number of halogens is 1. The average molecular weight is 276 g/mol. The van der Waals surface area contributed by atoms with E-state index in [1.54, 1.807) is 12.1 Å². The third-order valence-corrected chi connectivity index (χ3v) is 2.58. The molecule has 0 aromatic heterocycles. The van der Waals surface area contributed by atoms with Crippen molar-refractivity contribution in [2.45, 2.75) is 13.0 Å². The van der Waals surface area contributed by atoms with Crippen molar-refractivity contribution in [3.63, 3.8) is 0 Å². The highest BCUT2D eigenvalue weighted by Crippen LogP contribution is 2.36. The summed E-state index contributed by atoms with van der Waals surface area (Å²) in [7, 11) is 0. The highest BCUT2D eigenvalue weighted by atomic mass is 79.9. The molecule has 0 saturated carbocycles. The molecule has 0 radical (unpaired) electrons. The molecule has 5 heteroatoms. The summed E-state index contributed by atoms with van der Waals surface area (Å²) in [5, 5.41) is 18.6. The zero-order chi connectivity index (χ0) is 11.4. The average Bonchev–Trinajstić information content (AvgIpc) is 2.23. The number of ether oxygens (including phenoxy) is 1. The Morgan fingerprint density at radius 3 is 2.73 bits per heavy atom. The van der Waals surface area contributed by atoms with E-state index in [1.807, 2.05) is 6.92 Å². The number of nitrogens with two attached hydrogens (primary N) is 1. The van der Waals surface area contributed by atoms with Gasteiger partial charge in [-0.25, -0.2) is 0 Å². The molecule has 84 valence electrons. The minimum atomic E-state index is -0.471. The SMILES string of the molecule is CCOc1cc([C@H](N)CO)cc(Br)c1O. The third kappa shape index (κ3) is 2.84. The fourth-order valence-corrected chi connectivity index (χ4v) is 1.64. The van der Waals surface area contributed by atoms with Crippen LogP contribution in [0.3, 0.4) is 0 Å². The summed E-state index contributed by atoms with van der Waals surface area (Å²) in [6.45, 7) is 2.13. The molecular weight excluding hydrogens is 262 g/mol. The summed E-state index contributed by atoms with van der Waals surface area (Å²) < 4.78 is 5.74. The van der Waals surface area contributed by atoms with Crippen LogP contribution in [0.1, 0.15) is 18.5 Å². The molecule has 0 fully saturated rings. The van der Waals surface area contributed by atoms with E-state index >= 15 is 0 Å². The summed E-state index contributed by atoms with van der Waals surface area (Å²) in [5.41, 5.74) is 6.38. The van der Waals surface area contributed by atoms with E-state index in [9.17, 15) is 5.11 Å². The molecule has 1 rings (SSSR count). The van der Waals surface area contributed by atoms with Crippen LogP contribution < -0.4 is 10.5 Å². The summed E-state index contributed by atoms with van der Waals surface area (Å²) >= 11 is 3.20. The fourth-order valence-electron chi connectivity index (χ4n) is 1.18. The second-order valence-electron chi connectivity index (χ2n) is 3.07. The fraction of sp³-hybridized carbons (Fsp3) is 0.400. The van der Waals surface area contributed by atoms with Crippen LogP contribution in [0.25, 0.3) is 0 Å². The van der Waals surface area contributed by atoms with E-state index < -0.39 is 6.04 Å². The van der Waals surface area contributed by atoms with Gasteiger partial charge in [0.05, 0.1) is 23.7 Å². The number of hydrogen-bond donors (Lipinski definition) is 3. The zero-order valence-corrected chi connectivity index (χ0v) is 9.99. The lowest BCUT2D eigenvalue weighted by molar-refractivity contribution is 0.267. The number of aliphatic hydroxyl groups excluding tert-OH is 1. The maximum Gasteiger partial charge on any atom is 0.172 e. The molecule has 1 aromatic rings. The van der Waals surface area contributed by atoms with Crippen molar-refractivity contribution in [3.8, 4) is 11.5 Å². The predicted molar refractivity (Wildman–Crippen MR) is 61.0 cm³/mol. The highest BCUT2D eigenvalue weighted by Gasteiger charge is 2.12. The molecule has 0 aliphatic carbocycles. The van der Waals surface area contributed by atoms with Gasteiger partial charge in [0, 0.05) is 0 Å². The molecule has 0 spiro atoms. The monoisotopic (exact) mass is 275 g/mol. The van der Waals surface area contributed by atoms with Gasteiger partial charge in [0.15, 0.2) is 11.5 Å². The number of rotatable bonds is 4. The molecule has 0 saturated heterocycles. The van der Waals surface area contributed by atoms with Crippen LogP contribution in [0.15, 0.2) is 16.6 Å². The molecule has 4 N–H and O–H groups in total. The summed E-state index contributed by atoms with van der Waals surface area (Å²) in [6, 6.07) is 2.82. The van der Waals surface area contributed by atoms with Crippen molar-refractivity contribution in [2.75, 3.05) is 13.2 Å². The van der Waals surface area contributed by atoms with Crippen LogP contribution in [0.4, 0.5) is 0 Å². The van der Waals surface area contributed by atoms with Crippen molar-refractivity contribution >= 4 is 15.9 Å². The van der Waals surface area contributed by atoms with Crippen LogP contribution >= 0.6 is 15.9 Å². The normalized spacial score (nSPS) is 12.5. The molecule has 0 unspecified atom stereocenters. The molecule has 1 aromatic carbocycles. The van der Waals surface area contributed by atoms with Gasteiger partial charge < -0.3 is 20.7 Å². The summed E-state index contributed by atoms with van der Waals surface area (Å²) in [6.07, 6.45) is 0.